The molecule has 0 saturated carbocycles. The molecule has 1 fully saturated rings. The van der Waals surface area contributed by atoms with E-state index in [1.54, 1.807) is 0 Å². The number of rotatable bonds is 6. The molecule has 2 unspecified atom stereocenters. The van der Waals surface area contributed by atoms with Crippen LogP contribution in [0.1, 0.15) is 18.2 Å². The fourth-order valence-electron chi connectivity index (χ4n) is 2.13. The topological polar surface area (TPSA) is 177 Å². The van der Waals surface area contributed by atoms with Gasteiger partial charge in [0.15, 0.2) is 0 Å². The maximum absolute atomic E-state index is 11.8. The molecule has 1 saturated heterocycles. The summed E-state index contributed by atoms with van der Waals surface area (Å²) in [5.41, 5.74) is -1.03. The molecule has 24 heavy (non-hydrogen) atoms. The number of aromatic amines is 1. The third kappa shape index (κ3) is 4.71. The second-order valence-corrected chi connectivity index (χ2v) is 7.49. The molecule has 1 aromatic rings. The second kappa shape index (κ2) is 7.42. The van der Waals surface area contributed by atoms with Gasteiger partial charge in [-0.15, -0.1) is 0 Å². The molecule has 0 bridgehead atoms. The van der Waals surface area contributed by atoms with Crippen LogP contribution in [-0.2, 0) is 22.7 Å². The number of ether oxygens (including phenoxy) is 1. The Morgan fingerprint density at radius 1 is 1.54 bits per heavy atom. The van der Waals surface area contributed by atoms with Crippen LogP contribution >= 0.6 is 16.1 Å². The Bertz CT molecular complexity index is 789. The molecule has 12 nitrogen and oxygen atoms in total. The lowest BCUT2D eigenvalue weighted by molar-refractivity contribution is -0.0447. The summed E-state index contributed by atoms with van der Waals surface area (Å²) in [6.07, 6.45) is -1.92. The molecule has 1 aromatic heterocycles. The smallest absolute Gasteiger partial charge is 0.390 e. The van der Waals surface area contributed by atoms with Gasteiger partial charge in [-0.3, -0.25) is 23.4 Å². The van der Waals surface area contributed by atoms with Crippen LogP contribution < -0.4 is 11.2 Å². The first kappa shape index (κ1) is 19.2. The lowest BCUT2D eigenvalue weighted by atomic mass is 10.2. The quantitative estimate of drug-likeness (QED) is 0.444. The molecular formula is C10H16N2O10P2. The predicted molar refractivity (Wildman–Crippen MR) is 78.7 cm³/mol. The van der Waals surface area contributed by atoms with Crippen molar-refractivity contribution in [1.29, 1.82) is 0 Å². The summed E-state index contributed by atoms with van der Waals surface area (Å²) in [7, 11) is -8.46. The summed E-state index contributed by atoms with van der Waals surface area (Å²) >= 11 is 0. The average Bonchev–Trinajstić information content (AvgIpc) is 2.80. The Hall–Kier alpha value is -1.10. The number of nitrogens with zero attached hydrogens (tertiary/aromatic N) is 1. The van der Waals surface area contributed by atoms with Gasteiger partial charge in [-0.25, -0.2) is 13.7 Å². The summed E-state index contributed by atoms with van der Waals surface area (Å²) in [5.74, 6) is 0. The number of H-pyrrole nitrogens is 1. The van der Waals surface area contributed by atoms with E-state index in [0.717, 1.165) is 4.57 Å². The van der Waals surface area contributed by atoms with E-state index < -0.39 is 52.4 Å². The molecule has 0 aliphatic carbocycles. The van der Waals surface area contributed by atoms with E-state index in [1.165, 1.54) is 13.1 Å². The Balaban J connectivity index is 2.06. The van der Waals surface area contributed by atoms with Crippen LogP contribution in [0.4, 0.5) is 0 Å². The Morgan fingerprint density at radius 2 is 2.21 bits per heavy atom. The number of aryl methyl sites for hydroxylation is 1. The first-order valence-corrected chi connectivity index (χ1v) is 9.40. The fourth-order valence-corrected chi connectivity index (χ4v) is 3.46. The average molecular weight is 386 g/mol. The van der Waals surface area contributed by atoms with Gasteiger partial charge in [0.1, 0.15) is 12.3 Å². The molecule has 2 rings (SSSR count). The highest BCUT2D eigenvalue weighted by atomic mass is 31.2. The van der Waals surface area contributed by atoms with Gasteiger partial charge in [-0.05, 0) is 6.92 Å². The van der Waals surface area contributed by atoms with Gasteiger partial charge in [-0.1, -0.05) is 0 Å². The Kier molecular flexibility index (Phi) is 5.95. The van der Waals surface area contributed by atoms with Crippen molar-refractivity contribution >= 4 is 16.1 Å². The molecule has 4 N–H and O–H groups in total. The van der Waals surface area contributed by atoms with Gasteiger partial charge in [0.2, 0.25) is 0 Å². The van der Waals surface area contributed by atoms with E-state index in [9.17, 15) is 23.8 Å². The van der Waals surface area contributed by atoms with Gasteiger partial charge in [-0.2, -0.15) is 0 Å². The van der Waals surface area contributed by atoms with Crippen molar-refractivity contribution in [2.24, 2.45) is 0 Å². The van der Waals surface area contributed by atoms with Crippen LogP contribution in [-0.4, -0.2) is 43.3 Å². The van der Waals surface area contributed by atoms with Crippen molar-refractivity contribution in [3.63, 3.8) is 0 Å². The maximum atomic E-state index is 11.8. The third-order valence-electron chi connectivity index (χ3n) is 3.26. The molecule has 0 radical (unpaired) electrons. The number of hydrogen-bond donors (Lipinski definition) is 4. The van der Waals surface area contributed by atoms with Gasteiger partial charge < -0.3 is 19.6 Å². The summed E-state index contributed by atoms with van der Waals surface area (Å²) in [4.78, 5) is 42.8. The molecule has 1 aliphatic rings. The minimum Gasteiger partial charge on any atom is -0.390 e. The number of phosphoric ester groups is 1. The monoisotopic (exact) mass is 386 g/mol. The molecule has 14 heteroatoms. The zero-order valence-electron chi connectivity index (χ0n) is 12.3. The van der Waals surface area contributed by atoms with Crippen LogP contribution in [0.2, 0.25) is 0 Å². The van der Waals surface area contributed by atoms with Crippen LogP contribution in [0.15, 0.2) is 15.8 Å². The summed E-state index contributed by atoms with van der Waals surface area (Å²) < 4.78 is 36.5. The van der Waals surface area contributed by atoms with E-state index in [2.05, 4.69) is 13.8 Å². The van der Waals surface area contributed by atoms with Crippen molar-refractivity contribution in [1.82, 2.24) is 9.55 Å². The van der Waals surface area contributed by atoms with E-state index in [4.69, 9.17) is 14.5 Å². The number of hydrogen-bond acceptors (Lipinski definition) is 8. The number of nitrogens with one attached hydrogen (secondary N) is 1. The van der Waals surface area contributed by atoms with Gasteiger partial charge in [0.25, 0.3) is 5.56 Å². The number of aliphatic hydroxyl groups excluding tert-OH is 1. The standard InChI is InChI=1S/C10H16N2O10P2/c1-5-3-12(10(15)11-9(5)14)8-2-6(13)7(21-8)4-20-24(18,19)22-23(16)17/h3,6-8,13,23H,2,4H2,1H3,(H,16,17)(H,18,19)(H,11,14,15)/t6-,7-,8-/m1/s1. The van der Waals surface area contributed by atoms with Crippen LogP contribution in [0.25, 0.3) is 0 Å². The van der Waals surface area contributed by atoms with Gasteiger partial charge in [0, 0.05) is 18.2 Å². The first-order chi connectivity index (χ1) is 11.1. The second-order valence-electron chi connectivity index (χ2n) is 5.03. The highest BCUT2D eigenvalue weighted by molar-refractivity contribution is 7.55. The van der Waals surface area contributed by atoms with E-state index in [-0.39, 0.29) is 12.0 Å². The van der Waals surface area contributed by atoms with Crippen LogP contribution in [0, 0.1) is 6.92 Å². The largest absolute Gasteiger partial charge is 0.479 e. The van der Waals surface area contributed by atoms with Crippen molar-refractivity contribution in [3.05, 3.63) is 32.6 Å². The number of aliphatic hydroxyl groups is 1. The minimum absolute atomic E-state index is 0.0351. The molecule has 136 valence electrons. The van der Waals surface area contributed by atoms with Crippen molar-refractivity contribution in [2.75, 3.05) is 6.61 Å². The van der Waals surface area contributed by atoms with Crippen LogP contribution in [0.5, 0.6) is 0 Å². The van der Waals surface area contributed by atoms with Crippen molar-refractivity contribution in [3.8, 4) is 0 Å². The SMILES string of the molecule is Cc1cn([C@H]2C[C@@H](O)[C@@H](COP(=O)(O)O[PH](=O)O)O2)c(=O)[nH]c1=O. The zero-order valence-corrected chi connectivity index (χ0v) is 14.2. The number of aromatic nitrogens is 2. The summed E-state index contributed by atoms with van der Waals surface area (Å²) in [6, 6.07) is 0. The molecule has 0 spiro atoms. The lowest BCUT2D eigenvalue weighted by Gasteiger charge is -2.17. The lowest BCUT2D eigenvalue weighted by Crippen LogP contribution is -2.33. The third-order valence-corrected chi connectivity index (χ3v) is 5.28. The van der Waals surface area contributed by atoms with Crippen molar-refractivity contribution in [2.45, 2.75) is 31.8 Å². The van der Waals surface area contributed by atoms with E-state index >= 15 is 0 Å². The Labute approximate surface area is 135 Å². The summed E-state index contributed by atoms with van der Waals surface area (Å²) in [6.45, 7) is 0.870. The normalized spacial score (nSPS) is 27.8. The van der Waals surface area contributed by atoms with Gasteiger partial charge in [0.05, 0.1) is 12.7 Å². The van der Waals surface area contributed by atoms with Crippen molar-refractivity contribution < 1.29 is 37.6 Å². The van der Waals surface area contributed by atoms with Gasteiger partial charge >= 0.3 is 21.8 Å². The predicted octanol–water partition coefficient (Wildman–Crippen LogP) is -0.991. The number of phosphoric acid groups is 1. The highest BCUT2D eigenvalue weighted by Crippen LogP contribution is 2.51. The maximum Gasteiger partial charge on any atom is 0.479 e. The first-order valence-electron chi connectivity index (χ1n) is 6.64. The molecule has 2 heterocycles. The molecule has 0 amide bonds. The molecule has 0 aromatic carbocycles. The van der Waals surface area contributed by atoms with Crippen LogP contribution in [0.3, 0.4) is 0 Å². The highest BCUT2D eigenvalue weighted by Gasteiger charge is 2.38. The molecular weight excluding hydrogens is 370 g/mol. The summed E-state index contributed by atoms with van der Waals surface area (Å²) in [5, 5.41) is 9.90. The Morgan fingerprint density at radius 3 is 2.83 bits per heavy atom. The zero-order chi connectivity index (χ0) is 18.1. The van der Waals surface area contributed by atoms with E-state index in [1.807, 2.05) is 0 Å². The van der Waals surface area contributed by atoms with E-state index in [0.29, 0.717) is 0 Å². The molecule has 1 aliphatic heterocycles. The molecule has 5 atom stereocenters. The minimum atomic E-state index is -4.77. The fraction of sp³-hybridized carbons (Fsp3) is 0.600.